The topological polar surface area (TPSA) is 58.4 Å². The van der Waals surface area contributed by atoms with Crippen molar-refractivity contribution in [2.75, 3.05) is 25.0 Å². The highest BCUT2D eigenvalue weighted by atomic mass is 16.1. The maximum atomic E-state index is 11.4. The molecule has 1 aliphatic heterocycles. The first-order valence-electron chi connectivity index (χ1n) is 6.95. The highest BCUT2D eigenvalue weighted by Crippen LogP contribution is 2.29. The minimum absolute atomic E-state index is 0.0755. The van der Waals surface area contributed by atoms with E-state index in [0.29, 0.717) is 6.42 Å². The van der Waals surface area contributed by atoms with E-state index in [1.807, 2.05) is 6.92 Å². The van der Waals surface area contributed by atoms with Crippen LogP contribution >= 0.6 is 0 Å². The summed E-state index contributed by atoms with van der Waals surface area (Å²) in [5, 5.41) is 2.67. The van der Waals surface area contributed by atoms with E-state index in [-0.39, 0.29) is 11.9 Å². The van der Waals surface area contributed by atoms with E-state index < -0.39 is 0 Å². The summed E-state index contributed by atoms with van der Waals surface area (Å²) in [4.78, 5) is 13.7. The largest absolute Gasteiger partial charge is 0.371 e. The molecule has 0 aliphatic carbocycles. The van der Waals surface area contributed by atoms with E-state index in [2.05, 4.69) is 28.4 Å². The summed E-state index contributed by atoms with van der Waals surface area (Å²) < 4.78 is 0. The van der Waals surface area contributed by atoms with Crippen molar-refractivity contribution in [3.8, 4) is 0 Å². The highest BCUT2D eigenvalue weighted by molar-refractivity contribution is 5.76. The Morgan fingerprint density at radius 1 is 1.53 bits per heavy atom. The summed E-state index contributed by atoms with van der Waals surface area (Å²) in [6, 6.07) is 6.54. The Kier molecular flexibility index (Phi) is 4.43. The van der Waals surface area contributed by atoms with Crippen LogP contribution in [-0.2, 0) is 11.2 Å². The second kappa shape index (κ2) is 6.06. The number of nitrogens with two attached hydrogens (primary N) is 1. The van der Waals surface area contributed by atoms with Gasteiger partial charge in [-0.15, -0.1) is 0 Å². The SMILES string of the molecule is CNC(=O)CCN1CCCc2cc(C(C)N)ccc21. The molecule has 0 spiro atoms. The van der Waals surface area contributed by atoms with Crippen LogP contribution in [0.15, 0.2) is 18.2 Å². The van der Waals surface area contributed by atoms with Gasteiger partial charge in [0.1, 0.15) is 0 Å². The van der Waals surface area contributed by atoms with Gasteiger partial charge in [-0.1, -0.05) is 12.1 Å². The van der Waals surface area contributed by atoms with Crippen molar-refractivity contribution in [1.82, 2.24) is 5.32 Å². The Morgan fingerprint density at radius 2 is 2.32 bits per heavy atom. The molecule has 0 aromatic heterocycles. The van der Waals surface area contributed by atoms with Gasteiger partial charge in [0, 0.05) is 38.3 Å². The van der Waals surface area contributed by atoms with Crippen molar-refractivity contribution >= 4 is 11.6 Å². The number of hydrogen-bond acceptors (Lipinski definition) is 3. The Hall–Kier alpha value is -1.55. The molecule has 1 aromatic carbocycles. The molecule has 2 rings (SSSR count). The lowest BCUT2D eigenvalue weighted by Gasteiger charge is -2.31. The van der Waals surface area contributed by atoms with Gasteiger partial charge in [-0.3, -0.25) is 4.79 Å². The Balaban J connectivity index is 2.13. The van der Waals surface area contributed by atoms with Crippen LogP contribution < -0.4 is 16.0 Å². The number of nitrogens with zero attached hydrogens (tertiary/aromatic N) is 1. The number of amides is 1. The Bertz CT molecular complexity index is 457. The number of carbonyl (C=O) groups excluding carboxylic acids is 1. The number of hydrogen-bond donors (Lipinski definition) is 2. The van der Waals surface area contributed by atoms with E-state index in [9.17, 15) is 4.79 Å². The summed E-state index contributed by atoms with van der Waals surface area (Å²) in [6.07, 6.45) is 2.79. The van der Waals surface area contributed by atoms with Crippen LogP contribution in [0, 0.1) is 0 Å². The van der Waals surface area contributed by atoms with Gasteiger partial charge in [0.2, 0.25) is 5.91 Å². The lowest BCUT2D eigenvalue weighted by molar-refractivity contribution is -0.120. The van der Waals surface area contributed by atoms with Crippen LogP contribution in [0.5, 0.6) is 0 Å². The summed E-state index contributed by atoms with van der Waals surface area (Å²) >= 11 is 0. The number of aryl methyl sites for hydroxylation is 1. The fraction of sp³-hybridized carbons (Fsp3) is 0.533. The maximum absolute atomic E-state index is 11.4. The second-order valence-corrected chi connectivity index (χ2v) is 5.19. The van der Waals surface area contributed by atoms with E-state index in [4.69, 9.17) is 5.73 Å². The first kappa shape index (κ1) is 13.9. The molecule has 0 fully saturated rings. The van der Waals surface area contributed by atoms with Gasteiger partial charge in [-0.25, -0.2) is 0 Å². The van der Waals surface area contributed by atoms with E-state index in [1.54, 1.807) is 7.05 Å². The molecule has 1 heterocycles. The third kappa shape index (κ3) is 3.26. The quantitative estimate of drug-likeness (QED) is 0.865. The first-order chi connectivity index (χ1) is 9.11. The van der Waals surface area contributed by atoms with Crippen LogP contribution in [-0.4, -0.2) is 26.0 Å². The normalized spacial score (nSPS) is 15.8. The minimum Gasteiger partial charge on any atom is -0.371 e. The number of nitrogens with one attached hydrogen (secondary N) is 1. The zero-order valence-corrected chi connectivity index (χ0v) is 11.8. The summed E-state index contributed by atoms with van der Waals surface area (Å²) in [5.41, 5.74) is 9.74. The molecule has 0 radical (unpaired) electrons. The molecule has 4 heteroatoms. The molecular formula is C15H23N3O. The standard InChI is InChI=1S/C15H23N3O/c1-11(16)12-5-6-14-13(10-12)4-3-8-18(14)9-7-15(19)17-2/h5-6,10-11H,3-4,7-9,16H2,1-2H3,(H,17,19). The van der Waals surface area contributed by atoms with Gasteiger partial charge in [-0.05, 0) is 37.0 Å². The van der Waals surface area contributed by atoms with E-state index in [1.165, 1.54) is 16.8 Å². The summed E-state index contributed by atoms with van der Waals surface area (Å²) in [5.74, 6) is 0.0966. The molecular weight excluding hydrogens is 238 g/mol. The third-order valence-corrected chi connectivity index (χ3v) is 3.73. The zero-order valence-electron chi connectivity index (χ0n) is 11.8. The van der Waals surface area contributed by atoms with Crippen molar-refractivity contribution < 1.29 is 4.79 Å². The summed E-state index contributed by atoms with van der Waals surface area (Å²) in [7, 11) is 1.68. The lowest BCUT2D eigenvalue weighted by Crippen LogP contribution is -2.33. The second-order valence-electron chi connectivity index (χ2n) is 5.19. The first-order valence-corrected chi connectivity index (χ1v) is 6.95. The van der Waals surface area contributed by atoms with Gasteiger partial charge in [0.05, 0.1) is 0 Å². The van der Waals surface area contributed by atoms with Crippen molar-refractivity contribution in [3.63, 3.8) is 0 Å². The molecule has 0 saturated heterocycles. The molecule has 3 N–H and O–H groups in total. The van der Waals surface area contributed by atoms with Crippen LogP contribution in [0.2, 0.25) is 0 Å². The van der Waals surface area contributed by atoms with E-state index >= 15 is 0 Å². The molecule has 4 nitrogen and oxygen atoms in total. The van der Waals surface area contributed by atoms with Crippen LogP contribution in [0.1, 0.15) is 36.9 Å². The molecule has 1 amide bonds. The fourth-order valence-corrected chi connectivity index (χ4v) is 2.57. The van der Waals surface area contributed by atoms with Gasteiger partial charge in [-0.2, -0.15) is 0 Å². The van der Waals surface area contributed by atoms with E-state index in [0.717, 1.165) is 25.9 Å². The minimum atomic E-state index is 0.0755. The van der Waals surface area contributed by atoms with Crippen LogP contribution in [0.3, 0.4) is 0 Å². The number of anilines is 1. The number of carbonyl (C=O) groups is 1. The van der Waals surface area contributed by atoms with Gasteiger partial charge in [0.15, 0.2) is 0 Å². The molecule has 0 bridgehead atoms. The molecule has 19 heavy (non-hydrogen) atoms. The Morgan fingerprint density at radius 3 is 3.00 bits per heavy atom. The monoisotopic (exact) mass is 261 g/mol. The number of rotatable bonds is 4. The molecule has 1 unspecified atom stereocenters. The molecule has 0 saturated carbocycles. The Labute approximate surface area is 115 Å². The van der Waals surface area contributed by atoms with Crippen molar-refractivity contribution in [1.29, 1.82) is 0 Å². The molecule has 1 aliphatic rings. The van der Waals surface area contributed by atoms with Crippen LogP contribution in [0.25, 0.3) is 0 Å². The average molecular weight is 261 g/mol. The molecule has 1 atom stereocenters. The predicted molar refractivity (Wildman–Crippen MR) is 78.3 cm³/mol. The lowest BCUT2D eigenvalue weighted by atomic mass is 9.97. The van der Waals surface area contributed by atoms with Crippen molar-refractivity contribution in [3.05, 3.63) is 29.3 Å². The average Bonchev–Trinajstić information content (AvgIpc) is 2.43. The van der Waals surface area contributed by atoms with Gasteiger partial charge < -0.3 is 16.0 Å². The maximum Gasteiger partial charge on any atom is 0.221 e. The van der Waals surface area contributed by atoms with Crippen LogP contribution in [0.4, 0.5) is 5.69 Å². The smallest absolute Gasteiger partial charge is 0.221 e. The predicted octanol–water partition coefficient (Wildman–Crippen LogP) is 1.59. The third-order valence-electron chi connectivity index (χ3n) is 3.73. The summed E-state index contributed by atoms with van der Waals surface area (Å²) in [6.45, 7) is 3.82. The van der Waals surface area contributed by atoms with Crippen molar-refractivity contribution in [2.24, 2.45) is 5.73 Å². The van der Waals surface area contributed by atoms with Gasteiger partial charge in [0.25, 0.3) is 0 Å². The van der Waals surface area contributed by atoms with Gasteiger partial charge >= 0.3 is 0 Å². The highest BCUT2D eigenvalue weighted by Gasteiger charge is 2.18. The van der Waals surface area contributed by atoms with Crippen molar-refractivity contribution in [2.45, 2.75) is 32.2 Å². The molecule has 104 valence electrons. The fourth-order valence-electron chi connectivity index (χ4n) is 2.57. The zero-order chi connectivity index (χ0) is 13.8. The number of benzene rings is 1. The number of fused-ring (bicyclic) bond motifs is 1. The molecule has 1 aromatic rings.